The highest BCUT2D eigenvalue weighted by Crippen LogP contribution is 2.16. The van der Waals surface area contributed by atoms with Crippen LogP contribution in [-0.2, 0) is 0 Å². The number of aliphatic hydroxyl groups excluding tert-OH is 1. The lowest BCUT2D eigenvalue weighted by Gasteiger charge is -1.98. The molecule has 0 aliphatic heterocycles. The first-order chi connectivity index (χ1) is 6.22. The van der Waals surface area contributed by atoms with Crippen molar-refractivity contribution >= 4 is 6.08 Å². The third-order valence-electron chi connectivity index (χ3n) is 1.69. The summed E-state index contributed by atoms with van der Waals surface area (Å²) in [5.74, 6) is 0.281. The zero-order chi connectivity index (χ0) is 9.68. The summed E-state index contributed by atoms with van der Waals surface area (Å²) in [6, 6.07) is 5.39. The van der Waals surface area contributed by atoms with Crippen LogP contribution in [-0.4, -0.2) is 16.8 Å². The van der Waals surface area contributed by atoms with E-state index in [1.807, 2.05) is 25.1 Å². The SMILES string of the molecule is Cc1cc(O)cc(C=CCCO)c1. The summed E-state index contributed by atoms with van der Waals surface area (Å²) in [6.45, 7) is 2.09. The third-order valence-corrected chi connectivity index (χ3v) is 1.69. The maximum atomic E-state index is 9.27. The van der Waals surface area contributed by atoms with E-state index in [2.05, 4.69) is 0 Å². The number of phenols is 1. The van der Waals surface area contributed by atoms with Crippen LogP contribution in [0.1, 0.15) is 17.5 Å². The molecule has 0 saturated heterocycles. The molecule has 0 aliphatic carbocycles. The lowest BCUT2D eigenvalue weighted by Crippen LogP contribution is -1.78. The van der Waals surface area contributed by atoms with E-state index in [0.717, 1.165) is 11.1 Å². The molecule has 2 N–H and O–H groups in total. The maximum absolute atomic E-state index is 9.27. The maximum Gasteiger partial charge on any atom is 0.116 e. The van der Waals surface area contributed by atoms with Crippen molar-refractivity contribution in [3.8, 4) is 5.75 Å². The Balaban J connectivity index is 2.77. The monoisotopic (exact) mass is 178 g/mol. The summed E-state index contributed by atoms with van der Waals surface area (Å²) in [5.41, 5.74) is 1.99. The summed E-state index contributed by atoms with van der Waals surface area (Å²) in [7, 11) is 0. The zero-order valence-electron chi connectivity index (χ0n) is 7.70. The predicted molar refractivity (Wildman–Crippen MR) is 53.6 cm³/mol. The summed E-state index contributed by atoms with van der Waals surface area (Å²) in [5, 5.41) is 17.8. The fourth-order valence-corrected chi connectivity index (χ4v) is 1.18. The van der Waals surface area contributed by atoms with Gasteiger partial charge in [-0.15, -0.1) is 0 Å². The minimum atomic E-state index is 0.161. The topological polar surface area (TPSA) is 40.5 Å². The molecule has 0 bridgehead atoms. The van der Waals surface area contributed by atoms with Gasteiger partial charge in [0, 0.05) is 6.61 Å². The molecule has 0 spiro atoms. The predicted octanol–water partition coefficient (Wildman–Crippen LogP) is 2.10. The number of aliphatic hydroxyl groups is 1. The quantitative estimate of drug-likeness (QED) is 0.744. The minimum absolute atomic E-state index is 0.161. The fourth-order valence-electron chi connectivity index (χ4n) is 1.18. The lowest BCUT2D eigenvalue weighted by molar-refractivity contribution is 0.303. The largest absolute Gasteiger partial charge is 0.508 e. The Kier molecular flexibility index (Phi) is 3.53. The average Bonchev–Trinajstić information content (AvgIpc) is 2.03. The molecule has 13 heavy (non-hydrogen) atoms. The standard InChI is InChI=1S/C11H14O2/c1-9-6-10(4-2-3-5-12)8-11(13)7-9/h2,4,6-8,12-13H,3,5H2,1H3. The molecular formula is C11H14O2. The van der Waals surface area contributed by atoms with Gasteiger partial charge in [0.25, 0.3) is 0 Å². The second-order valence-electron chi connectivity index (χ2n) is 3.02. The molecular weight excluding hydrogens is 164 g/mol. The van der Waals surface area contributed by atoms with E-state index in [1.165, 1.54) is 0 Å². The number of phenolic OH excluding ortho intramolecular Hbond substituents is 1. The smallest absolute Gasteiger partial charge is 0.116 e. The van der Waals surface area contributed by atoms with Gasteiger partial charge in [-0.25, -0.2) is 0 Å². The van der Waals surface area contributed by atoms with Crippen LogP contribution in [0.25, 0.3) is 6.08 Å². The zero-order valence-corrected chi connectivity index (χ0v) is 7.70. The Labute approximate surface area is 78.2 Å². The first kappa shape index (κ1) is 9.81. The first-order valence-corrected chi connectivity index (χ1v) is 4.30. The van der Waals surface area contributed by atoms with Crippen LogP contribution in [0.4, 0.5) is 0 Å². The van der Waals surface area contributed by atoms with E-state index in [9.17, 15) is 5.11 Å². The van der Waals surface area contributed by atoms with E-state index < -0.39 is 0 Å². The van der Waals surface area contributed by atoms with Crippen LogP contribution in [0.2, 0.25) is 0 Å². The molecule has 1 aromatic rings. The molecule has 2 heteroatoms. The molecule has 2 nitrogen and oxygen atoms in total. The number of hydrogen-bond donors (Lipinski definition) is 2. The van der Waals surface area contributed by atoms with Gasteiger partial charge in [0.1, 0.15) is 5.75 Å². The number of aryl methyl sites for hydroxylation is 1. The van der Waals surface area contributed by atoms with Gasteiger partial charge in [-0.2, -0.15) is 0 Å². The summed E-state index contributed by atoms with van der Waals surface area (Å²) < 4.78 is 0. The Morgan fingerprint density at radius 3 is 2.69 bits per heavy atom. The van der Waals surface area contributed by atoms with Crippen molar-refractivity contribution in [2.45, 2.75) is 13.3 Å². The third kappa shape index (κ3) is 3.30. The number of aromatic hydroxyl groups is 1. The van der Waals surface area contributed by atoms with E-state index in [1.54, 1.807) is 12.1 Å². The molecule has 0 aliphatic rings. The van der Waals surface area contributed by atoms with Gasteiger partial charge in [0.2, 0.25) is 0 Å². The molecule has 0 heterocycles. The van der Waals surface area contributed by atoms with Crippen LogP contribution in [0.5, 0.6) is 5.75 Å². The van der Waals surface area contributed by atoms with Crippen molar-refractivity contribution < 1.29 is 10.2 Å². The lowest BCUT2D eigenvalue weighted by atomic mass is 10.1. The second-order valence-corrected chi connectivity index (χ2v) is 3.02. The van der Waals surface area contributed by atoms with Gasteiger partial charge in [-0.1, -0.05) is 18.2 Å². The molecule has 0 saturated carbocycles. The van der Waals surface area contributed by atoms with Crippen LogP contribution in [0.3, 0.4) is 0 Å². The van der Waals surface area contributed by atoms with Crippen molar-refractivity contribution in [1.29, 1.82) is 0 Å². The van der Waals surface area contributed by atoms with Gasteiger partial charge >= 0.3 is 0 Å². The molecule has 1 rings (SSSR count). The number of rotatable bonds is 3. The van der Waals surface area contributed by atoms with E-state index >= 15 is 0 Å². The highest BCUT2D eigenvalue weighted by molar-refractivity contribution is 5.53. The minimum Gasteiger partial charge on any atom is -0.508 e. The van der Waals surface area contributed by atoms with Crippen LogP contribution < -0.4 is 0 Å². The fraction of sp³-hybridized carbons (Fsp3) is 0.273. The number of hydrogen-bond acceptors (Lipinski definition) is 2. The number of benzene rings is 1. The molecule has 70 valence electrons. The molecule has 0 aromatic heterocycles. The summed E-state index contributed by atoms with van der Waals surface area (Å²) >= 11 is 0. The Morgan fingerprint density at radius 2 is 2.08 bits per heavy atom. The van der Waals surface area contributed by atoms with Crippen molar-refractivity contribution in [2.75, 3.05) is 6.61 Å². The second kappa shape index (κ2) is 4.67. The van der Waals surface area contributed by atoms with Crippen molar-refractivity contribution in [3.05, 3.63) is 35.4 Å². The van der Waals surface area contributed by atoms with Gasteiger partial charge in [0.05, 0.1) is 0 Å². The Hall–Kier alpha value is -1.28. The van der Waals surface area contributed by atoms with E-state index in [0.29, 0.717) is 6.42 Å². The van der Waals surface area contributed by atoms with Gasteiger partial charge in [0.15, 0.2) is 0 Å². The Morgan fingerprint density at radius 1 is 1.31 bits per heavy atom. The first-order valence-electron chi connectivity index (χ1n) is 4.30. The highest BCUT2D eigenvalue weighted by Gasteiger charge is 1.92. The van der Waals surface area contributed by atoms with Gasteiger partial charge in [-0.05, 0) is 36.6 Å². The Bertz CT molecular complexity index is 283. The van der Waals surface area contributed by atoms with Crippen LogP contribution >= 0.6 is 0 Å². The molecule has 0 unspecified atom stereocenters. The molecule has 0 amide bonds. The van der Waals surface area contributed by atoms with Crippen molar-refractivity contribution in [1.82, 2.24) is 0 Å². The van der Waals surface area contributed by atoms with Gasteiger partial charge in [-0.3, -0.25) is 0 Å². The van der Waals surface area contributed by atoms with Gasteiger partial charge < -0.3 is 10.2 Å². The average molecular weight is 178 g/mol. The molecule has 0 radical (unpaired) electrons. The van der Waals surface area contributed by atoms with Crippen LogP contribution in [0.15, 0.2) is 24.3 Å². The summed E-state index contributed by atoms with van der Waals surface area (Å²) in [4.78, 5) is 0. The van der Waals surface area contributed by atoms with E-state index in [-0.39, 0.29) is 12.4 Å². The van der Waals surface area contributed by atoms with Crippen molar-refractivity contribution in [3.63, 3.8) is 0 Å². The molecule has 0 fully saturated rings. The van der Waals surface area contributed by atoms with Crippen LogP contribution in [0, 0.1) is 6.92 Å². The summed E-state index contributed by atoms with van der Waals surface area (Å²) in [6.07, 6.45) is 4.42. The highest BCUT2D eigenvalue weighted by atomic mass is 16.3. The normalized spacial score (nSPS) is 10.9. The van der Waals surface area contributed by atoms with E-state index in [4.69, 9.17) is 5.11 Å². The van der Waals surface area contributed by atoms with Crippen molar-refractivity contribution in [2.24, 2.45) is 0 Å². The molecule has 1 aromatic carbocycles. The molecule has 0 atom stereocenters.